The number of carboxylic acids is 1. The Morgan fingerprint density at radius 2 is 2.06 bits per heavy atom. The SMILES string of the molecule is CCN(C(C)c1cccc(O)c1)C(C)(C)C(=O)O. The maximum Gasteiger partial charge on any atom is 0.323 e. The van der Waals surface area contributed by atoms with Gasteiger partial charge in [-0.05, 0) is 45.0 Å². The summed E-state index contributed by atoms with van der Waals surface area (Å²) in [6, 6.07) is 6.86. The smallest absolute Gasteiger partial charge is 0.323 e. The van der Waals surface area contributed by atoms with E-state index in [0.717, 1.165) is 5.56 Å². The predicted molar refractivity (Wildman–Crippen MR) is 70.6 cm³/mol. The van der Waals surface area contributed by atoms with Crippen molar-refractivity contribution >= 4 is 5.97 Å². The molecule has 1 aromatic carbocycles. The van der Waals surface area contributed by atoms with Gasteiger partial charge in [0, 0.05) is 6.04 Å². The number of phenols is 1. The minimum atomic E-state index is -0.945. The van der Waals surface area contributed by atoms with Gasteiger partial charge in [-0.2, -0.15) is 0 Å². The number of likely N-dealkylation sites (N-methyl/N-ethyl adjacent to an activating group) is 1. The van der Waals surface area contributed by atoms with Gasteiger partial charge in [0.15, 0.2) is 0 Å². The number of hydrogen-bond acceptors (Lipinski definition) is 3. The Morgan fingerprint density at radius 1 is 1.44 bits per heavy atom. The predicted octanol–water partition coefficient (Wildman–Crippen LogP) is 2.64. The fraction of sp³-hybridized carbons (Fsp3) is 0.500. The van der Waals surface area contributed by atoms with Gasteiger partial charge in [0.25, 0.3) is 0 Å². The molecule has 1 atom stereocenters. The Labute approximate surface area is 108 Å². The Kier molecular flexibility index (Phi) is 4.35. The maximum atomic E-state index is 11.3. The van der Waals surface area contributed by atoms with Crippen LogP contribution >= 0.6 is 0 Å². The van der Waals surface area contributed by atoms with Crippen LogP contribution in [-0.2, 0) is 4.79 Å². The van der Waals surface area contributed by atoms with Crippen LogP contribution in [0.15, 0.2) is 24.3 Å². The van der Waals surface area contributed by atoms with Crippen LogP contribution in [0.1, 0.15) is 39.3 Å². The lowest BCUT2D eigenvalue weighted by Gasteiger charge is -2.39. The number of nitrogens with zero attached hydrogens (tertiary/aromatic N) is 1. The minimum absolute atomic E-state index is 0.0757. The molecule has 0 aromatic heterocycles. The van der Waals surface area contributed by atoms with Crippen molar-refractivity contribution in [3.63, 3.8) is 0 Å². The van der Waals surface area contributed by atoms with E-state index in [-0.39, 0.29) is 11.8 Å². The molecule has 0 bridgehead atoms. The van der Waals surface area contributed by atoms with E-state index in [1.807, 2.05) is 24.8 Å². The third-order valence-corrected chi connectivity index (χ3v) is 3.40. The maximum absolute atomic E-state index is 11.3. The Bertz CT molecular complexity index is 429. The topological polar surface area (TPSA) is 60.8 Å². The summed E-state index contributed by atoms with van der Waals surface area (Å²) in [6.45, 7) is 7.89. The molecule has 1 aromatic rings. The zero-order valence-corrected chi connectivity index (χ0v) is 11.3. The van der Waals surface area contributed by atoms with Crippen LogP contribution in [0.4, 0.5) is 0 Å². The molecule has 18 heavy (non-hydrogen) atoms. The van der Waals surface area contributed by atoms with E-state index in [0.29, 0.717) is 6.54 Å². The van der Waals surface area contributed by atoms with E-state index in [9.17, 15) is 15.0 Å². The van der Waals surface area contributed by atoms with Gasteiger partial charge in [-0.25, -0.2) is 0 Å². The molecule has 0 spiro atoms. The summed E-state index contributed by atoms with van der Waals surface area (Å²) in [5.41, 5.74) is -0.0363. The molecule has 100 valence electrons. The quantitative estimate of drug-likeness (QED) is 0.844. The second-order valence-corrected chi connectivity index (χ2v) is 4.92. The second kappa shape index (κ2) is 5.40. The van der Waals surface area contributed by atoms with Gasteiger partial charge in [0.05, 0.1) is 0 Å². The van der Waals surface area contributed by atoms with Crippen molar-refractivity contribution < 1.29 is 15.0 Å². The standard InChI is InChI=1S/C14H21NO3/c1-5-15(14(3,4)13(17)18)10(2)11-7-6-8-12(16)9-11/h6-10,16H,5H2,1-4H3,(H,17,18). The van der Waals surface area contributed by atoms with Crippen LogP contribution < -0.4 is 0 Å². The number of carboxylic acid groups (broad SMARTS) is 1. The van der Waals surface area contributed by atoms with Crippen LogP contribution in [0.3, 0.4) is 0 Å². The first kappa shape index (κ1) is 14.5. The summed E-state index contributed by atoms with van der Waals surface area (Å²) < 4.78 is 0. The lowest BCUT2D eigenvalue weighted by atomic mass is 9.97. The molecule has 4 nitrogen and oxygen atoms in total. The first-order chi connectivity index (χ1) is 8.30. The molecule has 0 amide bonds. The van der Waals surface area contributed by atoms with Crippen molar-refractivity contribution in [1.82, 2.24) is 4.90 Å². The highest BCUT2D eigenvalue weighted by Crippen LogP contribution is 2.29. The van der Waals surface area contributed by atoms with E-state index < -0.39 is 11.5 Å². The summed E-state index contributed by atoms with van der Waals surface area (Å²) in [6.07, 6.45) is 0. The fourth-order valence-corrected chi connectivity index (χ4v) is 2.24. The Morgan fingerprint density at radius 3 is 2.50 bits per heavy atom. The summed E-state index contributed by atoms with van der Waals surface area (Å²) >= 11 is 0. The van der Waals surface area contributed by atoms with Gasteiger partial charge in [-0.3, -0.25) is 9.69 Å². The molecular formula is C14H21NO3. The molecule has 0 saturated carbocycles. The van der Waals surface area contributed by atoms with Gasteiger partial charge in [0.2, 0.25) is 0 Å². The Balaban J connectivity index is 3.06. The van der Waals surface area contributed by atoms with Crippen LogP contribution in [-0.4, -0.2) is 33.2 Å². The fourth-order valence-electron chi connectivity index (χ4n) is 2.24. The zero-order valence-electron chi connectivity index (χ0n) is 11.3. The van der Waals surface area contributed by atoms with E-state index >= 15 is 0 Å². The Hall–Kier alpha value is -1.55. The highest BCUT2D eigenvalue weighted by atomic mass is 16.4. The van der Waals surface area contributed by atoms with Crippen LogP contribution in [0, 0.1) is 0 Å². The monoisotopic (exact) mass is 251 g/mol. The first-order valence-electron chi connectivity index (χ1n) is 6.09. The summed E-state index contributed by atoms with van der Waals surface area (Å²) in [7, 11) is 0. The molecule has 0 heterocycles. The molecule has 0 radical (unpaired) electrons. The molecule has 1 unspecified atom stereocenters. The third-order valence-electron chi connectivity index (χ3n) is 3.40. The van der Waals surface area contributed by atoms with E-state index in [1.54, 1.807) is 32.0 Å². The minimum Gasteiger partial charge on any atom is -0.508 e. The van der Waals surface area contributed by atoms with Crippen LogP contribution in [0.5, 0.6) is 5.75 Å². The molecule has 1 rings (SSSR count). The molecule has 4 heteroatoms. The highest BCUT2D eigenvalue weighted by molar-refractivity contribution is 5.77. The largest absolute Gasteiger partial charge is 0.508 e. The lowest BCUT2D eigenvalue weighted by molar-refractivity contribution is -0.150. The summed E-state index contributed by atoms with van der Waals surface area (Å²) in [5.74, 6) is -0.653. The zero-order chi connectivity index (χ0) is 13.9. The average molecular weight is 251 g/mol. The number of aliphatic carboxylic acids is 1. The van der Waals surface area contributed by atoms with Gasteiger partial charge in [-0.1, -0.05) is 19.1 Å². The molecule has 0 aliphatic heterocycles. The normalized spacial score (nSPS) is 13.6. The summed E-state index contributed by atoms with van der Waals surface area (Å²) in [5, 5.41) is 18.8. The second-order valence-electron chi connectivity index (χ2n) is 4.92. The number of aromatic hydroxyl groups is 1. The van der Waals surface area contributed by atoms with Crippen LogP contribution in [0.25, 0.3) is 0 Å². The van der Waals surface area contributed by atoms with Gasteiger partial charge < -0.3 is 10.2 Å². The van der Waals surface area contributed by atoms with Crippen molar-refractivity contribution in [3.8, 4) is 5.75 Å². The number of rotatable bonds is 5. The van der Waals surface area contributed by atoms with E-state index in [4.69, 9.17) is 0 Å². The third kappa shape index (κ3) is 2.82. The molecule has 2 N–H and O–H groups in total. The first-order valence-corrected chi connectivity index (χ1v) is 6.09. The molecular weight excluding hydrogens is 230 g/mol. The average Bonchev–Trinajstić information content (AvgIpc) is 2.29. The molecule has 0 aliphatic rings. The lowest BCUT2D eigenvalue weighted by Crippen LogP contribution is -2.50. The number of phenolic OH excluding ortho intramolecular Hbond substituents is 1. The molecule has 0 fully saturated rings. The van der Waals surface area contributed by atoms with Crippen molar-refractivity contribution in [3.05, 3.63) is 29.8 Å². The van der Waals surface area contributed by atoms with Gasteiger partial charge in [0.1, 0.15) is 11.3 Å². The van der Waals surface area contributed by atoms with Crippen molar-refractivity contribution in [2.24, 2.45) is 0 Å². The van der Waals surface area contributed by atoms with E-state index in [1.165, 1.54) is 0 Å². The van der Waals surface area contributed by atoms with E-state index in [2.05, 4.69) is 0 Å². The van der Waals surface area contributed by atoms with Crippen LogP contribution in [0.2, 0.25) is 0 Å². The van der Waals surface area contributed by atoms with Crippen molar-refractivity contribution in [1.29, 1.82) is 0 Å². The van der Waals surface area contributed by atoms with Crippen molar-refractivity contribution in [2.45, 2.75) is 39.3 Å². The van der Waals surface area contributed by atoms with Gasteiger partial charge in [-0.15, -0.1) is 0 Å². The van der Waals surface area contributed by atoms with Gasteiger partial charge >= 0.3 is 5.97 Å². The highest BCUT2D eigenvalue weighted by Gasteiger charge is 2.36. The molecule has 0 saturated heterocycles. The molecule has 0 aliphatic carbocycles. The number of benzene rings is 1. The summed E-state index contributed by atoms with van der Waals surface area (Å²) in [4.78, 5) is 13.2. The number of carbonyl (C=O) groups is 1. The van der Waals surface area contributed by atoms with Crippen molar-refractivity contribution in [2.75, 3.05) is 6.54 Å². The number of hydrogen-bond donors (Lipinski definition) is 2.